The van der Waals surface area contributed by atoms with Gasteiger partial charge in [0.15, 0.2) is 0 Å². The molecule has 1 heterocycles. The second-order valence-electron chi connectivity index (χ2n) is 3.71. The fourth-order valence-electron chi connectivity index (χ4n) is 1.54. The van der Waals surface area contributed by atoms with Gasteiger partial charge in [-0.25, -0.2) is 0 Å². The Bertz CT molecular complexity index is 246. The molecule has 0 amide bonds. The lowest BCUT2D eigenvalue weighted by molar-refractivity contribution is 0.501. The third kappa shape index (κ3) is 3.49. The molecule has 0 aliphatic carbocycles. The highest BCUT2D eigenvalue weighted by molar-refractivity contribution is 5.34. The minimum Gasteiger partial charge on any atom is -0.376 e. The second kappa shape index (κ2) is 4.90. The number of allylic oxidation sites excluding steroid dienone is 4. The highest BCUT2D eigenvalue weighted by atomic mass is 15.1. The minimum absolute atomic E-state index is 1.03. The van der Waals surface area contributed by atoms with Gasteiger partial charge in [-0.05, 0) is 18.9 Å². The maximum absolute atomic E-state index is 2.27. The van der Waals surface area contributed by atoms with Crippen LogP contribution in [-0.4, -0.2) is 18.5 Å². The molecule has 1 nitrogen and oxygen atoms in total. The topological polar surface area (TPSA) is 3.24 Å². The lowest BCUT2D eigenvalue weighted by atomic mass is 10.1. The zero-order valence-electron chi connectivity index (χ0n) is 8.88. The van der Waals surface area contributed by atoms with E-state index in [1.165, 1.54) is 24.0 Å². The second-order valence-corrected chi connectivity index (χ2v) is 3.71. The van der Waals surface area contributed by atoms with E-state index in [-0.39, 0.29) is 0 Å². The first-order valence-electron chi connectivity index (χ1n) is 4.98. The summed E-state index contributed by atoms with van der Waals surface area (Å²) in [5, 5.41) is 0. The van der Waals surface area contributed by atoms with Crippen LogP contribution in [0.25, 0.3) is 0 Å². The summed E-state index contributed by atoms with van der Waals surface area (Å²) in [5.41, 5.74) is 2.79. The van der Waals surface area contributed by atoms with Crippen molar-refractivity contribution in [3.05, 3.63) is 35.6 Å². The maximum Gasteiger partial charge on any atom is 0.0354 e. The molecule has 72 valence electrons. The Morgan fingerprint density at radius 3 is 3.00 bits per heavy atom. The molecule has 0 bridgehead atoms. The van der Waals surface area contributed by atoms with Gasteiger partial charge in [0.25, 0.3) is 0 Å². The SMILES string of the molecule is CCC/C(C)=C\C1=CN(C)CC=C1. The lowest BCUT2D eigenvalue weighted by Gasteiger charge is -2.16. The van der Waals surface area contributed by atoms with Crippen molar-refractivity contribution in [1.29, 1.82) is 0 Å². The maximum atomic E-state index is 2.27. The summed E-state index contributed by atoms with van der Waals surface area (Å²) in [6.07, 6.45) is 11.3. The summed E-state index contributed by atoms with van der Waals surface area (Å²) in [4.78, 5) is 2.20. The van der Waals surface area contributed by atoms with Crippen LogP contribution in [0.3, 0.4) is 0 Å². The van der Waals surface area contributed by atoms with Crippen molar-refractivity contribution < 1.29 is 0 Å². The van der Waals surface area contributed by atoms with Crippen molar-refractivity contribution in [2.45, 2.75) is 26.7 Å². The molecule has 1 heteroatoms. The molecule has 0 saturated carbocycles. The van der Waals surface area contributed by atoms with Gasteiger partial charge in [0, 0.05) is 19.8 Å². The summed E-state index contributed by atoms with van der Waals surface area (Å²) >= 11 is 0. The van der Waals surface area contributed by atoms with E-state index in [1.54, 1.807) is 0 Å². The Morgan fingerprint density at radius 2 is 2.38 bits per heavy atom. The van der Waals surface area contributed by atoms with Crippen molar-refractivity contribution >= 4 is 0 Å². The van der Waals surface area contributed by atoms with Crippen molar-refractivity contribution in [3.8, 4) is 0 Å². The molecule has 0 aromatic heterocycles. The zero-order chi connectivity index (χ0) is 9.68. The van der Waals surface area contributed by atoms with E-state index < -0.39 is 0 Å². The van der Waals surface area contributed by atoms with E-state index in [9.17, 15) is 0 Å². The summed E-state index contributed by atoms with van der Waals surface area (Å²) < 4.78 is 0. The van der Waals surface area contributed by atoms with Crippen LogP contribution in [0.1, 0.15) is 26.7 Å². The van der Waals surface area contributed by atoms with Crippen LogP contribution in [0.15, 0.2) is 35.6 Å². The van der Waals surface area contributed by atoms with Gasteiger partial charge in [-0.3, -0.25) is 0 Å². The molecule has 1 aliphatic heterocycles. The predicted molar refractivity (Wildman–Crippen MR) is 58.5 cm³/mol. The molecule has 0 radical (unpaired) electrons. The first kappa shape index (κ1) is 10.1. The van der Waals surface area contributed by atoms with Gasteiger partial charge in [-0.1, -0.05) is 37.1 Å². The Kier molecular flexibility index (Phi) is 3.81. The van der Waals surface area contributed by atoms with E-state index >= 15 is 0 Å². The Labute approximate surface area is 81.4 Å². The summed E-state index contributed by atoms with van der Waals surface area (Å²) in [5.74, 6) is 0. The number of hydrogen-bond acceptors (Lipinski definition) is 1. The molecule has 0 atom stereocenters. The Hall–Kier alpha value is -0.980. The smallest absolute Gasteiger partial charge is 0.0354 e. The van der Waals surface area contributed by atoms with Crippen LogP contribution in [0, 0.1) is 0 Å². The summed E-state index contributed by atoms with van der Waals surface area (Å²) in [6, 6.07) is 0. The van der Waals surface area contributed by atoms with Crippen molar-refractivity contribution in [2.75, 3.05) is 13.6 Å². The lowest BCUT2D eigenvalue weighted by Crippen LogP contribution is -2.13. The number of hydrogen-bond donors (Lipinski definition) is 0. The first-order chi connectivity index (χ1) is 6.22. The predicted octanol–water partition coefficient (Wildman–Crippen LogP) is 3.12. The minimum atomic E-state index is 1.03. The molecule has 0 aromatic rings. The summed E-state index contributed by atoms with van der Waals surface area (Å²) in [7, 11) is 2.10. The molecule has 0 unspecified atom stereocenters. The third-order valence-electron chi connectivity index (χ3n) is 2.13. The average molecular weight is 177 g/mol. The standard InChI is InChI=1S/C12H19N/c1-4-6-11(2)9-12-7-5-8-13(3)10-12/h5,7,9-10H,4,6,8H2,1-3H3/b11-9-. The third-order valence-corrected chi connectivity index (χ3v) is 2.13. The molecular weight excluding hydrogens is 158 g/mol. The largest absolute Gasteiger partial charge is 0.376 e. The molecule has 0 spiro atoms. The monoisotopic (exact) mass is 177 g/mol. The van der Waals surface area contributed by atoms with E-state index in [0.29, 0.717) is 0 Å². The molecule has 1 aliphatic rings. The average Bonchev–Trinajstić information content (AvgIpc) is 2.04. The van der Waals surface area contributed by atoms with E-state index in [2.05, 4.69) is 50.2 Å². The van der Waals surface area contributed by atoms with Crippen molar-refractivity contribution in [1.82, 2.24) is 4.90 Å². The normalized spacial score (nSPS) is 17.6. The molecular formula is C12H19N. The molecule has 0 aromatic carbocycles. The van der Waals surface area contributed by atoms with Crippen LogP contribution in [0.5, 0.6) is 0 Å². The van der Waals surface area contributed by atoms with Crippen LogP contribution in [0.4, 0.5) is 0 Å². The van der Waals surface area contributed by atoms with E-state index in [4.69, 9.17) is 0 Å². The van der Waals surface area contributed by atoms with Crippen molar-refractivity contribution in [3.63, 3.8) is 0 Å². The summed E-state index contributed by atoms with van der Waals surface area (Å²) in [6.45, 7) is 5.45. The van der Waals surface area contributed by atoms with Crippen molar-refractivity contribution in [2.24, 2.45) is 0 Å². The number of likely N-dealkylation sites (N-methyl/N-ethyl adjacent to an activating group) is 1. The highest BCUT2D eigenvalue weighted by Gasteiger charge is 1.98. The van der Waals surface area contributed by atoms with Crippen LogP contribution < -0.4 is 0 Å². The fourth-order valence-corrected chi connectivity index (χ4v) is 1.54. The Balaban J connectivity index is 2.62. The van der Waals surface area contributed by atoms with Gasteiger partial charge in [-0.2, -0.15) is 0 Å². The Morgan fingerprint density at radius 1 is 1.62 bits per heavy atom. The van der Waals surface area contributed by atoms with Gasteiger partial charge in [-0.15, -0.1) is 0 Å². The number of rotatable bonds is 3. The van der Waals surface area contributed by atoms with Crippen LogP contribution >= 0.6 is 0 Å². The molecule has 0 N–H and O–H groups in total. The quantitative estimate of drug-likeness (QED) is 0.640. The number of nitrogens with zero attached hydrogens (tertiary/aromatic N) is 1. The van der Waals surface area contributed by atoms with Gasteiger partial charge < -0.3 is 4.90 Å². The fraction of sp³-hybridized carbons (Fsp3) is 0.500. The first-order valence-corrected chi connectivity index (χ1v) is 4.98. The van der Waals surface area contributed by atoms with Gasteiger partial charge in [0.2, 0.25) is 0 Å². The molecule has 1 rings (SSSR count). The van der Waals surface area contributed by atoms with Gasteiger partial charge in [0.05, 0.1) is 0 Å². The molecule has 13 heavy (non-hydrogen) atoms. The van der Waals surface area contributed by atoms with Crippen LogP contribution in [0.2, 0.25) is 0 Å². The highest BCUT2D eigenvalue weighted by Crippen LogP contribution is 2.12. The zero-order valence-corrected chi connectivity index (χ0v) is 8.88. The molecule has 0 fully saturated rings. The van der Waals surface area contributed by atoms with Gasteiger partial charge >= 0.3 is 0 Å². The van der Waals surface area contributed by atoms with Crippen LogP contribution in [-0.2, 0) is 0 Å². The van der Waals surface area contributed by atoms with E-state index in [0.717, 1.165) is 6.54 Å². The van der Waals surface area contributed by atoms with E-state index in [1.807, 2.05) is 0 Å². The molecule has 0 saturated heterocycles. The van der Waals surface area contributed by atoms with Gasteiger partial charge in [0.1, 0.15) is 0 Å².